The quantitative estimate of drug-likeness (QED) is 0.865. The zero-order valence-corrected chi connectivity index (χ0v) is 10.3. The van der Waals surface area contributed by atoms with Gasteiger partial charge in [0, 0.05) is 19.6 Å². The summed E-state index contributed by atoms with van der Waals surface area (Å²) in [5, 5.41) is 1.09. The van der Waals surface area contributed by atoms with Gasteiger partial charge in [-0.05, 0) is 18.6 Å². The van der Waals surface area contributed by atoms with Gasteiger partial charge >= 0.3 is 0 Å². The summed E-state index contributed by atoms with van der Waals surface area (Å²) in [6, 6.07) is 8.25. The molecular weight excluding hydrogens is 218 g/mol. The molecule has 2 aromatic rings. The van der Waals surface area contributed by atoms with Crippen molar-refractivity contribution in [1.82, 2.24) is 4.98 Å². The van der Waals surface area contributed by atoms with E-state index in [-0.39, 0.29) is 0 Å². The molecule has 0 amide bonds. The van der Waals surface area contributed by atoms with E-state index < -0.39 is 0 Å². The highest BCUT2D eigenvalue weighted by Crippen LogP contribution is 2.28. The molecule has 0 saturated carbocycles. The Morgan fingerprint density at radius 3 is 2.81 bits per heavy atom. The average Bonchev–Trinajstić information content (AvgIpc) is 2.72. The summed E-state index contributed by atoms with van der Waals surface area (Å²) in [6.45, 7) is 4.76. The van der Waals surface area contributed by atoms with Crippen LogP contribution in [0, 0.1) is 0 Å². The number of hydrogen-bond donors (Lipinski definition) is 1. The molecule has 0 saturated heterocycles. The molecule has 4 heteroatoms. The largest absolute Gasteiger partial charge is 0.347 e. The number of thiazole rings is 1. The van der Waals surface area contributed by atoms with Crippen LogP contribution in [0.2, 0.25) is 0 Å². The first-order chi connectivity index (χ1) is 7.85. The Balaban J connectivity index is 2.29. The Labute approximate surface area is 99.9 Å². The van der Waals surface area contributed by atoms with Gasteiger partial charge in [-0.1, -0.05) is 30.4 Å². The molecule has 3 nitrogen and oxygen atoms in total. The molecule has 0 unspecified atom stereocenters. The first kappa shape index (κ1) is 11.4. The smallest absolute Gasteiger partial charge is 0.186 e. The molecule has 0 aliphatic heterocycles. The van der Waals surface area contributed by atoms with E-state index in [4.69, 9.17) is 5.73 Å². The van der Waals surface area contributed by atoms with Gasteiger partial charge in [0.05, 0.1) is 10.2 Å². The molecule has 2 rings (SSSR count). The highest BCUT2D eigenvalue weighted by Gasteiger charge is 2.09. The molecule has 1 aromatic carbocycles. The van der Waals surface area contributed by atoms with Gasteiger partial charge in [0.1, 0.15) is 0 Å². The molecule has 0 spiro atoms. The topological polar surface area (TPSA) is 42.1 Å². The number of aromatic nitrogens is 1. The third-order valence-corrected chi connectivity index (χ3v) is 3.54. The van der Waals surface area contributed by atoms with Gasteiger partial charge in [0.2, 0.25) is 0 Å². The molecule has 2 N–H and O–H groups in total. The van der Waals surface area contributed by atoms with E-state index in [9.17, 15) is 0 Å². The van der Waals surface area contributed by atoms with Crippen LogP contribution >= 0.6 is 11.3 Å². The third kappa shape index (κ3) is 2.33. The van der Waals surface area contributed by atoms with E-state index in [0.29, 0.717) is 6.54 Å². The van der Waals surface area contributed by atoms with E-state index in [1.165, 1.54) is 4.70 Å². The highest BCUT2D eigenvalue weighted by atomic mass is 32.1. The molecule has 0 atom stereocenters. The van der Waals surface area contributed by atoms with Crippen molar-refractivity contribution in [2.75, 3.05) is 24.5 Å². The van der Waals surface area contributed by atoms with Gasteiger partial charge in [-0.3, -0.25) is 0 Å². The van der Waals surface area contributed by atoms with Crippen LogP contribution in [0.1, 0.15) is 13.3 Å². The second kappa shape index (κ2) is 5.27. The fraction of sp³-hybridized carbons (Fsp3) is 0.417. The Bertz CT molecular complexity index is 413. The fourth-order valence-corrected chi connectivity index (χ4v) is 2.74. The van der Waals surface area contributed by atoms with Crippen molar-refractivity contribution in [1.29, 1.82) is 0 Å². The maximum atomic E-state index is 5.63. The van der Waals surface area contributed by atoms with Gasteiger partial charge in [0.25, 0.3) is 0 Å². The van der Waals surface area contributed by atoms with E-state index in [0.717, 1.165) is 30.2 Å². The lowest BCUT2D eigenvalue weighted by molar-refractivity contribution is 0.760. The predicted molar refractivity (Wildman–Crippen MR) is 71.2 cm³/mol. The summed E-state index contributed by atoms with van der Waals surface area (Å²) in [7, 11) is 0. The van der Waals surface area contributed by atoms with Crippen molar-refractivity contribution in [2.24, 2.45) is 5.73 Å². The SMILES string of the molecule is CCCN(CCN)c1nc2ccccc2s1. The molecule has 0 radical (unpaired) electrons. The van der Waals surface area contributed by atoms with Gasteiger partial charge < -0.3 is 10.6 Å². The number of hydrogen-bond acceptors (Lipinski definition) is 4. The Hall–Kier alpha value is -1.13. The minimum Gasteiger partial charge on any atom is -0.347 e. The van der Waals surface area contributed by atoms with Crippen LogP contribution in [0.4, 0.5) is 5.13 Å². The van der Waals surface area contributed by atoms with Gasteiger partial charge in [-0.2, -0.15) is 0 Å². The summed E-state index contributed by atoms with van der Waals surface area (Å²) in [4.78, 5) is 6.91. The second-order valence-corrected chi connectivity index (χ2v) is 4.75. The number of nitrogens with zero attached hydrogens (tertiary/aromatic N) is 2. The molecule has 0 aliphatic rings. The third-order valence-electron chi connectivity index (χ3n) is 2.45. The number of nitrogens with two attached hydrogens (primary N) is 1. The van der Waals surface area contributed by atoms with Crippen LogP contribution in [0.5, 0.6) is 0 Å². The van der Waals surface area contributed by atoms with E-state index in [1.54, 1.807) is 11.3 Å². The van der Waals surface area contributed by atoms with Crippen LogP contribution < -0.4 is 10.6 Å². The van der Waals surface area contributed by atoms with Crippen molar-refractivity contribution in [2.45, 2.75) is 13.3 Å². The zero-order valence-electron chi connectivity index (χ0n) is 9.52. The summed E-state index contributed by atoms with van der Waals surface area (Å²) in [5.41, 5.74) is 6.71. The summed E-state index contributed by atoms with van der Waals surface area (Å²) in [6.07, 6.45) is 1.12. The second-order valence-electron chi connectivity index (χ2n) is 3.74. The van der Waals surface area contributed by atoms with Crippen LogP contribution in [-0.4, -0.2) is 24.6 Å². The lowest BCUT2D eigenvalue weighted by Gasteiger charge is -2.19. The maximum absolute atomic E-state index is 5.63. The Morgan fingerprint density at radius 1 is 1.31 bits per heavy atom. The first-order valence-corrected chi connectivity index (χ1v) is 6.47. The van der Waals surface area contributed by atoms with Gasteiger partial charge in [-0.15, -0.1) is 0 Å². The van der Waals surface area contributed by atoms with Crippen molar-refractivity contribution in [3.05, 3.63) is 24.3 Å². The first-order valence-electron chi connectivity index (χ1n) is 5.65. The molecule has 0 bridgehead atoms. The molecule has 16 heavy (non-hydrogen) atoms. The number of rotatable bonds is 5. The molecule has 0 fully saturated rings. The lowest BCUT2D eigenvalue weighted by atomic mass is 10.3. The van der Waals surface area contributed by atoms with Crippen LogP contribution in [0.15, 0.2) is 24.3 Å². The maximum Gasteiger partial charge on any atom is 0.186 e. The van der Waals surface area contributed by atoms with E-state index in [1.807, 2.05) is 6.07 Å². The van der Waals surface area contributed by atoms with Crippen molar-refractivity contribution in [3.63, 3.8) is 0 Å². The molecule has 0 aliphatic carbocycles. The monoisotopic (exact) mass is 235 g/mol. The van der Waals surface area contributed by atoms with Crippen LogP contribution in [-0.2, 0) is 0 Å². The lowest BCUT2D eigenvalue weighted by Crippen LogP contribution is -2.29. The number of anilines is 1. The van der Waals surface area contributed by atoms with Gasteiger partial charge in [-0.25, -0.2) is 4.98 Å². The van der Waals surface area contributed by atoms with Crippen LogP contribution in [0.3, 0.4) is 0 Å². The van der Waals surface area contributed by atoms with Crippen molar-refractivity contribution < 1.29 is 0 Å². The van der Waals surface area contributed by atoms with Crippen molar-refractivity contribution in [3.8, 4) is 0 Å². The summed E-state index contributed by atoms with van der Waals surface area (Å²) < 4.78 is 1.25. The molecule has 86 valence electrons. The fourth-order valence-electron chi connectivity index (χ4n) is 1.72. The normalized spacial score (nSPS) is 10.9. The number of para-hydroxylation sites is 1. The molecule has 1 aromatic heterocycles. The average molecular weight is 235 g/mol. The van der Waals surface area contributed by atoms with Crippen LogP contribution in [0.25, 0.3) is 10.2 Å². The minimum absolute atomic E-state index is 0.677. The Morgan fingerprint density at radius 2 is 2.12 bits per heavy atom. The minimum atomic E-state index is 0.677. The number of fused-ring (bicyclic) bond motifs is 1. The standard InChI is InChI=1S/C12H17N3S/c1-2-8-15(9-7-13)12-14-10-5-3-4-6-11(10)16-12/h3-6H,2,7-9,13H2,1H3. The zero-order chi connectivity index (χ0) is 11.4. The predicted octanol–water partition coefficient (Wildman–Crippen LogP) is 2.47. The van der Waals surface area contributed by atoms with E-state index >= 15 is 0 Å². The Kier molecular flexibility index (Phi) is 3.74. The van der Waals surface area contributed by atoms with Crippen molar-refractivity contribution >= 4 is 26.7 Å². The van der Waals surface area contributed by atoms with E-state index in [2.05, 4.69) is 35.0 Å². The number of benzene rings is 1. The molecule has 1 heterocycles. The summed E-state index contributed by atoms with van der Waals surface area (Å²) in [5.74, 6) is 0. The summed E-state index contributed by atoms with van der Waals surface area (Å²) >= 11 is 1.74. The van der Waals surface area contributed by atoms with Gasteiger partial charge in [0.15, 0.2) is 5.13 Å². The highest BCUT2D eigenvalue weighted by molar-refractivity contribution is 7.22. The molecular formula is C12H17N3S.